The fourth-order valence-corrected chi connectivity index (χ4v) is 2.63. The third-order valence-electron chi connectivity index (χ3n) is 2.77. The first-order chi connectivity index (χ1) is 8.02. The summed E-state index contributed by atoms with van der Waals surface area (Å²) in [6.07, 6.45) is 4.94. The molecular formula is C13H16N2OS. The number of aromatic nitrogens is 2. The maximum absolute atomic E-state index is 11.0. The molecule has 0 atom stereocenters. The Labute approximate surface area is 105 Å². The standard InChI is InChI=1S/C13H16N2OS/c1-8(2)11(7-16)5-12-10(4)14-13-15(12)6-9(3)17-13/h5-8H,1-4H3. The van der Waals surface area contributed by atoms with Crippen molar-refractivity contribution in [3.8, 4) is 0 Å². The van der Waals surface area contributed by atoms with E-state index in [2.05, 4.69) is 22.5 Å². The van der Waals surface area contributed by atoms with Crippen molar-refractivity contribution in [3.05, 3.63) is 28.0 Å². The second kappa shape index (κ2) is 4.45. The van der Waals surface area contributed by atoms with Gasteiger partial charge in [0, 0.05) is 11.1 Å². The van der Waals surface area contributed by atoms with Gasteiger partial charge in [-0.1, -0.05) is 13.8 Å². The van der Waals surface area contributed by atoms with Crippen LogP contribution in [-0.4, -0.2) is 15.7 Å². The van der Waals surface area contributed by atoms with Crippen LogP contribution < -0.4 is 0 Å². The first-order valence-corrected chi connectivity index (χ1v) is 6.46. The number of hydrogen-bond acceptors (Lipinski definition) is 3. The Morgan fingerprint density at radius 3 is 2.76 bits per heavy atom. The van der Waals surface area contributed by atoms with Gasteiger partial charge in [0.1, 0.15) is 6.29 Å². The van der Waals surface area contributed by atoms with E-state index in [-0.39, 0.29) is 5.92 Å². The number of allylic oxidation sites excluding steroid dienone is 1. The number of nitrogens with zero attached hydrogens (tertiary/aromatic N) is 2. The summed E-state index contributed by atoms with van der Waals surface area (Å²) in [6, 6.07) is 0. The molecule has 0 spiro atoms. The average Bonchev–Trinajstić information content (AvgIpc) is 2.71. The molecule has 0 aliphatic carbocycles. The monoisotopic (exact) mass is 248 g/mol. The molecule has 0 amide bonds. The Balaban J connectivity index is 2.61. The smallest absolute Gasteiger partial charge is 0.194 e. The van der Waals surface area contributed by atoms with Gasteiger partial charge in [0.15, 0.2) is 4.96 Å². The van der Waals surface area contributed by atoms with Crippen LogP contribution in [0.5, 0.6) is 0 Å². The first kappa shape index (κ1) is 12.0. The predicted octanol–water partition coefficient (Wildman–Crippen LogP) is 3.25. The molecule has 2 heterocycles. The van der Waals surface area contributed by atoms with Gasteiger partial charge in [-0.2, -0.15) is 0 Å². The van der Waals surface area contributed by atoms with Crippen LogP contribution in [-0.2, 0) is 4.79 Å². The second-order valence-electron chi connectivity index (χ2n) is 4.49. The molecule has 0 bridgehead atoms. The Hall–Kier alpha value is -1.42. The fraction of sp³-hybridized carbons (Fsp3) is 0.385. The van der Waals surface area contributed by atoms with Gasteiger partial charge in [-0.05, 0) is 31.4 Å². The lowest BCUT2D eigenvalue weighted by molar-refractivity contribution is -0.105. The zero-order chi connectivity index (χ0) is 12.6. The summed E-state index contributed by atoms with van der Waals surface area (Å²) in [4.78, 5) is 17.7. The van der Waals surface area contributed by atoms with E-state index in [0.29, 0.717) is 0 Å². The molecule has 17 heavy (non-hydrogen) atoms. The lowest BCUT2D eigenvalue weighted by atomic mass is 10.0. The average molecular weight is 248 g/mol. The van der Waals surface area contributed by atoms with E-state index in [1.807, 2.05) is 26.8 Å². The molecule has 0 aliphatic heterocycles. The highest BCUT2D eigenvalue weighted by Gasteiger charge is 2.11. The van der Waals surface area contributed by atoms with Crippen molar-refractivity contribution in [2.75, 3.05) is 0 Å². The fourth-order valence-electron chi connectivity index (χ4n) is 1.75. The van der Waals surface area contributed by atoms with E-state index in [0.717, 1.165) is 28.2 Å². The van der Waals surface area contributed by atoms with Crippen LogP contribution in [0.1, 0.15) is 30.1 Å². The van der Waals surface area contributed by atoms with Crippen LogP contribution in [0.2, 0.25) is 0 Å². The first-order valence-electron chi connectivity index (χ1n) is 5.64. The number of imidazole rings is 1. The van der Waals surface area contributed by atoms with Crippen molar-refractivity contribution in [2.24, 2.45) is 5.92 Å². The maximum atomic E-state index is 11.0. The molecule has 0 unspecified atom stereocenters. The van der Waals surface area contributed by atoms with E-state index in [4.69, 9.17) is 0 Å². The molecule has 0 aliphatic rings. The number of carbonyl (C=O) groups excluding carboxylic acids is 1. The number of carbonyl (C=O) groups is 1. The highest BCUT2D eigenvalue weighted by atomic mass is 32.1. The van der Waals surface area contributed by atoms with Crippen molar-refractivity contribution in [1.82, 2.24) is 9.38 Å². The summed E-state index contributed by atoms with van der Waals surface area (Å²) in [6.45, 7) is 8.08. The maximum Gasteiger partial charge on any atom is 0.194 e. The molecule has 0 saturated heterocycles. The number of thiazole rings is 1. The molecule has 0 aromatic carbocycles. The molecule has 0 radical (unpaired) electrons. The second-order valence-corrected chi connectivity index (χ2v) is 5.71. The van der Waals surface area contributed by atoms with Gasteiger partial charge in [-0.15, -0.1) is 11.3 Å². The van der Waals surface area contributed by atoms with Crippen molar-refractivity contribution >= 4 is 28.7 Å². The van der Waals surface area contributed by atoms with E-state index in [9.17, 15) is 4.79 Å². The van der Waals surface area contributed by atoms with Crippen LogP contribution in [0.3, 0.4) is 0 Å². The molecule has 0 fully saturated rings. The molecule has 90 valence electrons. The number of fused-ring (bicyclic) bond motifs is 1. The molecule has 0 N–H and O–H groups in total. The van der Waals surface area contributed by atoms with Gasteiger partial charge in [0.25, 0.3) is 0 Å². The molecule has 3 nitrogen and oxygen atoms in total. The molecule has 2 rings (SSSR count). The SMILES string of the molecule is Cc1cn2c(C=C(C=O)C(C)C)c(C)nc2s1. The highest BCUT2D eigenvalue weighted by Crippen LogP contribution is 2.23. The Kier molecular flexibility index (Phi) is 3.15. The minimum atomic E-state index is 0.234. The van der Waals surface area contributed by atoms with Crippen LogP contribution in [0.4, 0.5) is 0 Å². The molecule has 4 heteroatoms. The van der Waals surface area contributed by atoms with Gasteiger partial charge in [0.2, 0.25) is 0 Å². The summed E-state index contributed by atoms with van der Waals surface area (Å²) in [7, 11) is 0. The quantitative estimate of drug-likeness (QED) is 0.617. The zero-order valence-corrected chi connectivity index (χ0v) is 11.3. The van der Waals surface area contributed by atoms with Crippen molar-refractivity contribution in [1.29, 1.82) is 0 Å². The number of hydrogen-bond donors (Lipinski definition) is 0. The molecule has 0 saturated carbocycles. The third-order valence-corrected chi connectivity index (χ3v) is 3.67. The highest BCUT2D eigenvalue weighted by molar-refractivity contribution is 7.17. The molecule has 2 aromatic heterocycles. The number of rotatable bonds is 3. The van der Waals surface area contributed by atoms with Crippen LogP contribution in [0, 0.1) is 19.8 Å². The Morgan fingerprint density at radius 2 is 2.18 bits per heavy atom. The zero-order valence-electron chi connectivity index (χ0n) is 10.5. The Bertz CT molecular complexity index is 590. The predicted molar refractivity (Wildman–Crippen MR) is 71.4 cm³/mol. The van der Waals surface area contributed by atoms with Crippen LogP contribution in [0.25, 0.3) is 11.0 Å². The van der Waals surface area contributed by atoms with Gasteiger partial charge in [0.05, 0.1) is 11.4 Å². The molecule has 2 aromatic rings. The third kappa shape index (κ3) is 2.17. The summed E-state index contributed by atoms with van der Waals surface area (Å²) in [5.41, 5.74) is 2.79. The lowest BCUT2D eigenvalue weighted by Crippen LogP contribution is -1.96. The normalized spacial score (nSPS) is 12.6. The molecular weight excluding hydrogens is 232 g/mol. The van der Waals surface area contributed by atoms with E-state index >= 15 is 0 Å². The van der Waals surface area contributed by atoms with Gasteiger partial charge in [-0.3, -0.25) is 9.20 Å². The van der Waals surface area contributed by atoms with Gasteiger partial charge in [-0.25, -0.2) is 4.98 Å². The van der Waals surface area contributed by atoms with Crippen molar-refractivity contribution in [3.63, 3.8) is 0 Å². The summed E-state index contributed by atoms with van der Waals surface area (Å²) in [5.74, 6) is 0.234. The van der Waals surface area contributed by atoms with Crippen molar-refractivity contribution < 1.29 is 4.79 Å². The summed E-state index contributed by atoms with van der Waals surface area (Å²) in [5, 5.41) is 0. The van der Waals surface area contributed by atoms with E-state index in [1.54, 1.807) is 11.3 Å². The van der Waals surface area contributed by atoms with E-state index in [1.165, 1.54) is 4.88 Å². The largest absolute Gasteiger partial charge is 0.298 e. The minimum absolute atomic E-state index is 0.234. The van der Waals surface area contributed by atoms with Crippen molar-refractivity contribution in [2.45, 2.75) is 27.7 Å². The summed E-state index contributed by atoms with van der Waals surface area (Å²) < 4.78 is 2.06. The summed E-state index contributed by atoms with van der Waals surface area (Å²) >= 11 is 1.66. The number of aldehydes is 1. The van der Waals surface area contributed by atoms with Crippen LogP contribution in [0.15, 0.2) is 11.8 Å². The lowest BCUT2D eigenvalue weighted by Gasteiger charge is -2.03. The Morgan fingerprint density at radius 1 is 1.47 bits per heavy atom. The topological polar surface area (TPSA) is 34.4 Å². The van der Waals surface area contributed by atoms with Crippen LogP contribution >= 0.6 is 11.3 Å². The van der Waals surface area contributed by atoms with Gasteiger partial charge < -0.3 is 0 Å². The van der Waals surface area contributed by atoms with Gasteiger partial charge >= 0.3 is 0 Å². The number of aryl methyl sites for hydroxylation is 2. The minimum Gasteiger partial charge on any atom is -0.298 e. The van der Waals surface area contributed by atoms with E-state index < -0.39 is 0 Å².